The molecule has 2 fully saturated rings. The molecule has 2 unspecified atom stereocenters. The van der Waals surface area contributed by atoms with E-state index in [4.69, 9.17) is 0 Å². The van der Waals surface area contributed by atoms with Gasteiger partial charge in [0, 0.05) is 25.0 Å². The minimum absolute atomic E-state index is 0.0673. The van der Waals surface area contributed by atoms with Crippen LogP contribution in [0.4, 0.5) is 0 Å². The van der Waals surface area contributed by atoms with E-state index < -0.39 is 42.1 Å². The molecule has 0 saturated carbocycles. The minimum atomic E-state index is -0.759. The average molecular weight is 454 g/mol. The first kappa shape index (κ1) is 22.1. The zero-order chi connectivity index (χ0) is 23.9. The molecule has 2 aliphatic heterocycles. The van der Waals surface area contributed by atoms with Gasteiger partial charge in [0.1, 0.15) is 29.7 Å². The molecule has 2 aliphatic rings. The summed E-state index contributed by atoms with van der Waals surface area (Å²) in [6, 6.07) is 7.93. The smallest absolute Gasteiger partial charge is 0.234 e. The number of amides is 4. The average Bonchev–Trinajstić information content (AvgIpc) is 3.16. The SMILES string of the molecule is O=C1CC(Cc2ccc(O)cc2O)C(=O)N1CN1C(=O)CC(Cc2ccc(O)cc2O)C1=O. The second-order valence-corrected chi connectivity index (χ2v) is 8.30. The molecule has 0 bridgehead atoms. The van der Waals surface area contributed by atoms with E-state index >= 15 is 0 Å². The molecule has 4 rings (SSSR count). The molecule has 0 aliphatic carbocycles. The van der Waals surface area contributed by atoms with Crippen molar-refractivity contribution in [2.45, 2.75) is 25.7 Å². The van der Waals surface area contributed by atoms with Gasteiger partial charge in [-0.05, 0) is 36.1 Å². The molecular weight excluding hydrogens is 432 g/mol. The Kier molecular flexibility index (Phi) is 5.67. The van der Waals surface area contributed by atoms with E-state index in [1.54, 1.807) is 0 Å². The highest BCUT2D eigenvalue weighted by molar-refractivity contribution is 6.07. The lowest BCUT2D eigenvalue weighted by Gasteiger charge is -2.22. The molecule has 0 aromatic heterocycles. The molecule has 33 heavy (non-hydrogen) atoms. The molecule has 2 aromatic carbocycles. The van der Waals surface area contributed by atoms with E-state index in [2.05, 4.69) is 0 Å². The van der Waals surface area contributed by atoms with Crippen molar-refractivity contribution < 1.29 is 39.6 Å². The summed E-state index contributed by atoms with van der Waals surface area (Å²) in [7, 11) is 0. The lowest BCUT2D eigenvalue weighted by molar-refractivity contribution is -0.148. The third kappa shape index (κ3) is 4.32. The number of carbonyl (C=O) groups is 4. The van der Waals surface area contributed by atoms with Gasteiger partial charge in [-0.3, -0.25) is 29.0 Å². The van der Waals surface area contributed by atoms with Gasteiger partial charge in [-0.1, -0.05) is 12.1 Å². The molecule has 2 aromatic rings. The molecule has 10 heteroatoms. The first-order valence-corrected chi connectivity index (χ1v) is 10.3. The number of benzene rings is 2. The summed E-state index contributed by atoms with van der Waals surface area (Å²) in [5.41, 5.74) is 0.783. The lowest BCUT2D eigenvalue weighted by atomic mass is 9.97. The quantitative estimate of drug-likeness (QED) is 0.471. The topological polar surface area (TPSA) is 156 Å². The van der Waals surface area contributed by atoms with Crippen LogP contribution in [0.5, 0.6) is 23.0 Å². The predicted molar refractivity (Wildman–Crippen MR) is 112 cm³/mol. The fourth-order valence-corrected chi connectivity index (χ4v) is 4.24. The minimum Gasteiger partial charge on any atom is -0.508 e. The maximum absolute atomic E-state index is 12.8. The molecule has 2 atom stereocenters. The predicted octanol–water partition coefficient (Wildman–Crippen LogP) is 1.00. The van der Waals surface area contributed by atoms with Gasteiger partial charge in [0.05, 0.1) is 11.8 Å². The Morgan fingerprint density at radius 3 is 1.42 bits per heavy atom. The van der Waals surface area contributed by atoms with E-state index in [0.717, 1.165) is 21.9 Å². The molecule has 0 spiro atoms. The number of likely N-dealkylation sites (tertiary alicyclic amines) is 2. The zero-order valence-corrected chi connectivity index (χ0v) is 17.5. The molecule has 2 saturated heterocycles. The van der Waals surface area contributed by atoms with Crippen molar-refractivity contribution in [1.29, 1.82) is 0 Å². The Labute approximate surface area is 188 Å². The van der Waals surface area contributed by atoms with Crippen molar-refractivity contribution in [1.82, 2.24) is 9.80 Å². The first-order valence-electron chi connectivity index (χ1n) is 10.3. The molecule has 4 amide bonds. The van der Waals surface area contributed by atoms with Gasteiger partial charge in [-0.25, -0.2) is 0 Å². The number of carbonyl (C=O) groups excluding carboxylic acids is 4. The van der Waals surface area contributed by atoms with Crippen LogP contribution >= 0.6 is 0 Å². The lowest BCUT2D eigenvalue weighted by Crippen LogP contribution is -2.44. The summed E-state index contributed by atoms with van der Waals surface area (Å²) >= 11 is 0. The first-order chi connectivity index (χ1) is 15.6. The summed E-state index contributed by atoms with van der Waals surface area (Å²) in [5, 5.41) is 38.7. The van der Waals surface area contributed by atoms with Gasteiger partial charge in [-0.2, -0.15) is 0 Å². The van der Waals surface area contributed by atoms with Crippen LogP contribution in [-0.4, -0.2) is 60.5 Å². The highest BCUT2D eigenvalue weighted by atomic mass is 16.3. The van der Waals surface area contributed by atoms with Crippen LogP contribution in [0.25, 0.3) is 0 Å². The van der Waals surface area contributed by atoms with Gasteiger partial charge in [0.25, 0.3) is 0 Å². The fourth-order valence-electron chi connectivity index (χ4n) is 4.24. The number of hydrogen-bond donors (Lipinski definition) is 4. The third-order valence-electron chi connectivity index (χ3n) is 6.03. The standard InChI is InChI=1S/C23H22N2O8/c26-16-3-1-12(18(28)9-16)5-14-7-20(30)24(22(14)32)11-25-21(31)8-15(23(25)33)6-13-2-4-17(27)10-19(13)29/h1-4,9-10,14-15,26-29H,5-8,11H2. The molecule has 10 nitrogen and oxygen atoms in total. The van der Waals surface area contributed by atoms with E-state index in [9.17, 15) is 39.6 Å². The van der Waals surface area contributed by atoms with Gasteiger partial charge in [0.2, 0.25) is 23.6 Å². The highest BCUT2D eigenvalue weighted by Crippen LogP contribution is 2.32. The molecule has 172 valence electrons. The molecular formula is C23H22N2O8. The Bertz CT molecular complexity index is 1070. The second kappa shape index (κ2) is 8.45. The fraction of sp³-hybridized carbons (Fsp3) is 0.304. The summed E-state index contributed by atoms with van der Waals surface area (Å²) in [6.07, 6.45) is -0.115. The zero-order valence-electron chi connectivity index (χ0n) is 17.5. The van der Waals surface area contributed by atoms with Crippen LogP contribution in [0, 0.1) is 11.8 Å². The molecule has 4 N–H and O–H groups in total. The monoisotopic (exact) mass is 454 g/mol. The van der Waals surface area contributed by atoms with Crippen LogP contribution in [-0.2, 0) is 32.0 Å². The number of aromatic hydroxyl groups is 4. The van der Waals surface area contributed by atoms with Crippen molar-refractivity contribution in [2.24, 2.45) is 11.8 Å². The molecule has 2 heterocycles. The van der Waals surface area contributed by atoms with Gasteiger partial charge < -0.3 is 20.4 Å². The number of nitrogens with zero attached hydrogens (tertiary/aromatic N) is 2. The highest BCUT2D eigenvalue weighted by Gasteiger charge is 2.45. The maximum Gasteiger partial charge on any atom is 0.234 e. The summed E-state index contributed by atoms with van der Waals surface area (Å²) in [4.78, 5) is 52.3. The van der Waals surface area contributed by atoms with E-state index in [-0.39, 0.29) is 48.7 Å². The van der Waals surface area contributed by atoms with Crippen molar-refractivity contribution in [3.63, 3.8) is 0 Å². The van der Waals surface area contributed by atoms with Crippen LogP contribution in [0.3, 0.4) is 0 Å². The maximum atomic E-state index is 12.8. The number of hydrogen-bond acceptors (Lipinski definition) is 8. The number of phenols is 4. The summed E-state index contributed by atoms with van der Waals surface area (Å²) in [6.45, 7) is -0.481. The van der Waals surface area contributed by atoms with Crippen LogP contribution in [0.2, 0.25) is 0 Å². The Morgan fingerprint density at radius 2 is 1.06 bits per heavy atom. The number of phenolic OH excluding ortho intramolecular Hbond substituents is 4. The van der Waals surface area contributed by atoms with Crippen molar-refractivity contribution >= 4 is 23.6 Å². The van der Waals surface area contributed by atoms with Gasteiger partial charge >= 0.3 is 0 Å². The van der Waals surface area contributed by atoms with Gasteiger partial charge in [0.15, 0.2) is 0 Å². The van der Waals surface area contributed by atoms with E-state index in [1.165, 1.54) is 24.3 Å². The summed E-state index contributed by atoms with van der Waals surface area (Å²) in [5.74, 6) is -4.32. The van der Waals surface area contributed by atoms with E-state index in [0.29, 0.717) is 11.1 Å². The van der Waals surface area contributed by atoms with Crippen LogP contribution < -0.4 is 0 Å². The normalized spacial score (nSPS) is 20.8. The third-order valence-corrected chi connectivity index (χ3v) is 6.03. The van der Waals surface area contributed by atoms with Crippen molar-refractivity contribution in [3.8, 4) is 23.0 Å². The van der Waals surface area contributed by atoms with E-state index in [1.807, 2.05) is 0 Å². The Balaban J connectivity index is 1.43. The largest absolute Gasteiger partial charge is 0.508 e. The number of imide groups is 2. The molecule has 0 radical (unpaired) electrons. The van der Waals surface area contributed by atoms with Crippen LogP contribution in [0.15, 0.2) is 36.4 Å². The van der Waals surface area contributed by atoms with Gasteiger partial charge in [-0.15, -0.1) is 0 Å². The van der Waals surface area contributed by atoms with Crippen molar-refractivity contribution in [2.75, 3.05) is 6.67 Å². The Morgan fingerprint density at radius 1 is 0.667 bits per heavy atom. The Hall–Kier alpha value is -4.08. The van der Waals surface area contributed by atoms with Crippen LogP contribution in [0.1, 0.15) is 24.0 Å². The number of rotatable bonds is 6. The van der Waals surface area contributed by atoms with Crippen molar-refractivity contribution in [3.05, 3.63) is 47.5 Å². The summed E-state index contributed by atoms with van der Waals surface area (Å²) < 4.78 is 0. The second-order valence-electron chi connectivity index (χ2n) is 8.30.